The van der Waals surface area contributed by atoms with E-state index >= 15 is 0 Å². The van der Waals surface area contributed by atoms with Crippen LogP contribution >= 0.6 is 0 Å². The van der Waals surface area contributed by atoms with Crippen LogP contribution in [0.1, 0.15) is 46.1 Å². The van der Waals surface area contributed by atoms with Crippen molar-refractivity contribution >= 4 is 18.0 Å². The van der Waals surface area contributed by atoms with E-state index < -0.39 is 35.7 Å². The molecule has 1 heterocycles. The second-order valence-corrected chi connectivity index (χ2v) is 7.91. The summed E-state index contributed by atoms with van der Waals surface area (Å²) in [4.78, 5) is 39.8. The van der Waals surface area contributed by atoms with E-state index in [0.717, 1.165) is 5.56 Å². The average molecular weight is 401 g/mol. The smallest absolute Gasteiger partial charge is 0.424 e. The summed E-state index contributed by atoms with van der Waals surface area (Å²) in [5.74, 6) is -0.982. The van der Waals surface area contributed by atoms with Crippen LogP contribution in [-0.2, 0) is 25.7 Å². The molecular weight excluding hydrogens is 374 g/mol. The van der Waals surface area contributed by atoms with Crippen LogP contribution in [0.25, 0.3) is 0 Å². The van der Waals surface area contributed by atoms with Crippen molar-refractivity contribution in [3.8, 4) is 6.19 Å². The van der Waals surface area contributed by atoms with Crippen LogP contribution in [0.15, 0.2) is 30.3 Å². The van der Waals surface area contributed by atoms with Crippen molar-refractivity contribution in [2.45, 2.75) is 64.8 Å². The Bertz CT molecular complexity index is 782. The van der Waals surface area contributed by atoms with Crippen LogP contribution in [0, 0.1) is 11.5 Å². The molecule has 1 aliphatic heterocycles. The van der Waals surface area contributed by atoms with Gasteiger partial charge in [-0.3, -0.25) is 4.79 Å². The van der Waals surface area contributed by atoms with Gasteiger partial charge in [0.05, 0.1) is 0 Å². The summed E-state index contributed by atoms with van der Waals surface area (Å²) in [7, 11) is 0. The molecule has 2 rings (SSSR count). The van der Waals surface area contributed by atoms with Gasteiger partial charge in [-0.25, -0.2) is 14.5 Å². The van der Waals surface area contributed by atoms with E-state index in [9.17, 15) is 19.6 Å². The summed E-state index contributed by atoms with van der Waals surface area (Å²) in [6.45, 7) is 6.95. The fraction of sp³-hybridized carbons (Fsp3) is 0.524. The SMILES string of the molecule is CC(C(=O)N1CCCC1C(=O)OCc1ccccc1)N(C#N)C(=O)OC(C)(C)C. The standard InChI is InChI=1S/C21H27N3O5/c1-15(24(14-22)20(27)29-21(2,3)4)18(25)23-12-8-11-17(23)19(26)28-13-16-9-6-5-7-10-16/h5-7,9-10,15,17H,8,11-13H2,1-4H3. The lowest BCUT2D eigenvalue weighted by Crippen LogP contribution is -2.51. The molecule has 156 valence electrons. The molecule has 0 aliphatic carbocycles. The van der Waals surface area contributed by atoms with Gasteiger partial charge in [0.1, 0.15) is 24.3 Å². The van der Waals surface area contributed by atoms with Gasteiger partial charge in [-0.2, -0.15) is 5.26 Å². The third-order valence-electron chi connectivity index (χ3n) is 4.47. The van der Waals surface area contributed by atoms with Gasteiger partial charge in [0.25, 0.3) is 0 Å². The highest BCUT2D eigenvalue weighted by molar-refractivity contribution is 5.90. The molecule has 8 nitrogen and oxygen atoms in total. The highest BCUT2D eigenvalue weighted by atomic mass is 16.6. The van der Waals surface area contributed by atoms with Gasteiger partial charge in [0.2, 0.25) is 5.91 Å². The number of hydrogen-bond donors (Lipinski definition) is 0. The first-order chi connectivity index (χ1) is 13.6. The maximum atomic E-state index is 12.9. The molecule has 0 saturated carbocycles. The highest BCUT2D eigenvalue weighted by Crippen LogP contribution is 2.22. The number of benzene rings is 1. The molecule has 1 aliphatic rings. The van der Waals surface area contributed by atoms with Gasteiger partial charge in [0.15, 0.2) is 6.19 Å². The largest absolute Gasteiger partial charge is 0.459 e. The number of esters is 1. The average Bonchev–Trinajstić information content (AvgIpc) is 3.15. The minimum atomic E-state index is -1.09. The van der Waals surface area contributed by atoms with E-state index in [1.807, 2.05) is 30.3 Å². The Kier molecular flexibility index (Phi) is 7.21. The van der Waals surface area contributed by atoms with E-state index in [-0.39, 0.29) is 6.61 Å². The number of ether oxygens (including phenoxy) is 2. The second-order valence-electron chi connectivity index (χ2n) is 7.91. The molecule has 0 N–H and O–H groups in total. The molecule has 2 unspecified atom stereocenters. The van der Waals surface area contributed by atoms with E-state index in [0.29, 0.717) is 24.3 Å². The predicted molar refractivity (Wildman–Crippen MR) is 104 cm³/mol. The van der Waals surface area contributed by atoms with Crippen molar-refractivity contribution in [1.29, 1.82) is 5.26 Å². The molecule has 29 heavy (non-hydrogen) atoms. The molecule has 1 aromatic rings. The van der Waals surface area contributed by atoms with E-state index in [1.54, 1.807) is 27.0 Å². The number of likely N-dealkylation sites (tertiary alicyclic amines) is 1. The molecular formula is C21H27N3O5. The zero-order valence-electron chi connectivity index (χ0n) is 17.3. The van der Waals surface area contributed by atoms with Crippen molar-refractivity contribution < 1.29 is 23.9 Å². The number of amides is 2. The van der Waals surface area contributed by atoms with Crippen molar-refractivity contribution in [1.82, 2.24) is 9.80 Å². The number of nitrogens with zero attached hydrogens (tertiary/aromatic N) is 3. The first-order valence-corrected chi connectivity index (χ1v) is 9.57. The quantitative estimate of drug-likeness (QED) is 0.427. The van der Waals surface area contributed by atoms with E-state index in [2.05, 4.69) is 0 Å². The summed E-state index contributed by atoms with van der Waals surface area (Å²) < 4.78 is 10.6. The minimum Gasteiger partial charge on any atom is -0.459 e. The molecule has 0 radical (unpaired) electrons. The lowest BCUT2D eigenvalue weighted by Gasteiger charge is -2.30. The van der Waals surface area contributed by atoms with E-state index in [4.69, 9.17) is 9.47 Å². The first kappa shape index (κ1) is 22.2. The Balaban J connectivity index is 2.03. The molecule has 2 atom stereocenters. The lowest BCUT2D eigenvalue weighted by molar-refractivity contribution is -0.155. The number of rotatable bonds is 5. The van der Waals surface area contributed by atoms with Crippen molar-refractivity contribution in [3.63, 3.8) is 0 Å². The van der Waals surface area contributed by atoms with Crippen LogP contribution in [0.3, 0.4) is 0 Å². The van der Waals surface area contributed by atoms with Gasteiger partial charge < -0.3 is 14.4 Å². The monoisotopic (exact) mass is 401 g/mol. The van der Waals surface area contributed by atoms with Gasteiger partial charge >= 0.3 is 12.1 Å². The molecule has 8 heteroatoms. The summed E-state index contributed by atoms with van der Waals surface area (Å²) in [6.07, 6.45) is 1.93. The molecule has 1 saturated heterocycles. The first-order valence-electron chi connectivity index (χ1n) is 9.57. The second kappa shape index (κ2) is 9.41. The zero-order valence-corrected chi connectivity index (χ0v) is 17.3. The van der Waals surface area contributed by atoms with Crippen molar-refractivity contribution in [2.24, 2.45) is 0 Å². The molecule has 1 fully saturated rings. The predicted octanol–water partition coefficient (Wildman–Crippen LogP) is 2.83. The van der Waals surface area contributed by atoms with Crippen LogP contribution in [-0.4, -0.2) is 52.0 Å². The van der Waals surface area contributed by atoms with Crippen LogP contribution in [0.4, 0.5) is 4.79 Å². The summed E-state index contributed by atoms with van der Waals surface area (Å²) in [6, 6.07) is 7.45. The maximum absolute atomic E-state index is 12.9. The van der Waals surface area contributed by atoms with Crippen molar-refractivity contribution in [2.75, 3.05) is 6.54 Å². The summed E-state index contributed by atoms with van der Waals surface area (Å²) >= 11 is 0. The third kappa shape index (κ3) is 5.95. The van der Waals surface area contributed by atoms with Crippen LogP contribution < -0.4 is 0 Å². The Hall–Kier alpha value is -3.08. The zero-order chi connectivity index (χ0) is 21.6. The topological polar surface area (TPSA) is 99.9 Å². The minimum absolute atomic E-state index is 0.121. The van der Waals surface area contributed by atoms with Gasteiger partial charge in [0, 0.05) is 6.54 Å². The number of hydrogen-bond acceptors (Lipinski definition) is 6. The van der Waals surface area contributed by atoms with Gasteiger partial charge in [-0.15, -0.1) is 0 Å². The number of nitriles is 1. The Morgan fingerprint density at radius 1 is 1.28 bits per heavy atom. The van der Waals surface area contributed by atoms with Crippen molar-refractivity contribution in [3.05, 3.63) is 35.9 Å². The summed E-state index contributed by atoms with van der Waals surface area (Å²) in [5, 5.41) is 9.35. The fourth-order valence-corrected chi connectivity index (χ4v) is 3.05. The molecule has 0 aromatic heterocycles. The van der Waals surface area contributed by atoms with Crippen LogP contribution in [0.5, 0.6) is 0 Å². The summed E-state index contributed by atoms with van der Waals surface area (Å²) in [5.41, 5.74) is 0.0532. The number of carbonyl (C=O) groups excluding carboxylic acids is 3. The number of carbonyl (C=O) groups is 3. The van der Waals surface area contributed by atoms with Gasteiger partial charge in [-0.1, -0.05) is 30.3 Å². The third-order valence-corrected chi connectivity index (χ3v) is 4.47. The Morgan fingerprint density at radius 3 is 2.52 bits per heavy atom. The molecule has 2 amide bonds. The molecule has 0 spiro atoms. The molecule has 1 aromatic carbocycles. The maximum Gasteiger partial charge on any atom is 0.424 e. The van der Waals surface area contributed by atoms with Crippen LogP contribution in [0.2, 0.25) is 0 Å². The lowest BCUT2D eigenvalue weighted by atomic mass is 10.2. The highest BCUT2D eigenvalue weighted by Gasteiger charge is 2.40. The fourth-order valence-electron chi connectivity index (χ4n) is 3.05. The van der Waals surface area contributed by atoms with Gasteiger partial charge in [-0.05, 0) is 46.1 Å². The normalized spacial score (nSPS) is 17.2. The molecule has 0 bridgehead atoms. The van der Waals surface area contributed by atoms with E-state index in [1.165, 1.54) is 11.8 Å². The Morgan fingerprint density at radius 2 is 1.93 bits per heavy atom. The Labute approximate surface area is 171 Å².